The Bertz CT molecular complexity index is 967. The number of hydrogen-bond donors (Lipinski definition) is 0. The van der Waals surface area contributed by atoms with Crippen LogP contribution in [-0.2, 0) is 16.1 Å². The molecule has 0 saturated carbocycles. The van der Waals surface area contributed by atoms with Crippen LogP contribution >= 0.6 is 23.4 Å². The van der Waals surface area contributed by atoms with E-state index < -0.39 is 0 Å². The van der Waals surface area contributed by atoms with Crippen molar-refractivity contribution in [1.82, 2.24) is 4.90 Å². The van der Waals surface area contributed by atoms with E-state index in [-0.39, 0.29) is 11.8 Å². The number of benzene rings is 2. The maximum atomic E-state index is 13.4. The second-order valence-electron chi connectivity index (χ2n) is 7.65. The normalized spacial score (nSPS) is 18.7. The molecule has 1 fully saturated rings. The minimum Gasteiger partial charge on any atom is -0.339 e. The lowest BCUT2D eigenvalue weighted by molar-refractivity contribution is -0.126. The van der Waals surface area contributed by atoms with Crippen LogP contribution in [-0.4, -0.2) is 29.8 Å². The number of fused-ring (bicyclic) bond motifs is 1. The third-order valence-electron chi connectivity index (χ3n) is 5.54. The lowest BCUT2D eigenvalue weighted by atomic mass is 10.1. The van der Waals surface area contributed by atoms with Crippen molar-refractivity contribution in [3.63, 3.8) is 0 Å². The zero-order chi connectivity index (χ0) is 20.9. The van der Waals surface area contributed by atoms with Gasteiger partial charge in [-0.1, -0.05) is 73.0 Å². The summed E-state index contributed by atoms with van der Waals surface area (Å²) in [6.45, 7) is 1.90. The topological polar surface area (TPSA) is 40.6 Å². The molecular formula is C24H25ClN2O2S. The van der Waals surface area contributed by atoms with Crippen LogP contribution in [0.25, 0.3) is 0 Å². The Morgan fingerprint density at radius 2 is 1.63 bits per heavy atom. The first-order valence-electron chi connectivity index (χ1n) is 10.5. The lowest BCUT2D eigenvalue weighted by Crippen LogP contribution is -2.36. The van der Waals surface area contributed by atoms with Crippen LogP contribution in [0, 0.1) is 0 Å². The van der Waals surface area contributed by atoms with E-state index in [4.69, 9.17) is 11.6 Å². The van der Waals surface area contributed by atoms with Crippen molar-refractivity contribution < 1.29 is 9.59 Å². The summed E-state index contributed by atoms with van der Waals surface area (Å²) >= 11 is 7.73. The average Bonchev–Trinajstić information content (AvgIpc) is 2.72. The minimum absolute atomic E-state index is 0.0650. The van der Waals surface area contributed by atoms with Crippen molar-refractivity contribution in [1.29, 1.82) is 0 Å². The molecule has 2 aromatic carbocycles. The Morgan fingerprint density at radius 1 is 0.967 bits per heavy atom. The van der Waals surface area contributed by atoms with E-state index in [9.17, 15) is 9.59 Å². The molecule has 2 heterocycles. The maximum Gasteiger partial charge on any atom is 0.265 e. The highest BCUT2D eigenvalue weighted by Crippen LogP contribution is 2.42. The molecule has 2 aliphatic rings. The highest BCUT2D eigenvalue weighted by atomic mass is 35.5. The Morgan fingerprint density at radius 3 is 2.40 bits per heavy atom. The first-order chi connectivity index (χ1) is 14.6. The number of amides is 2. The van der Waals surface area contributed by atoms with Gasteiger partial charge in [0.25, 0.3) is 5.91 Å². The Labute approximate surface area is 186 Å². The van der Waals surface area contributed by atoms with E-state index in [1.54, 1.807) is 4.90 Å². The fourth-order valence-corrected chi connectivity index (χ4v) is 5.11. The van der Waals surface area contributed by atoms with Gasteiger partial charge in [-0.15, -0.1) is 0 Å². The van der Waals surface area contributed by atoms with Crippen LogP contribution in [0.3, 0.4) is 0 Å². The molecule has 2 aromatic rings. The summed E-state index contributed by atoms with van der Waals surface area (Å²) in [4.78, 5) is 31.4. The fourth-order valence-electron chi connectivity index (χ4n) is 3.89. The SMILES string of the molecule is O=C(C=C1Sc2ccccc2N(Cc2ccccc2Cl)C1=O)N1CCCCCCC1. The van der Waals surface area contributed by atoms with Crippen molar-refractivity contribution in [3.05, 3.63) is 70.1 Å². The number of para-hydroxylation sites is 1. The molecule has 0 atom stereocenters. The predicted molar refractivity (Wildman–Crippen MR) is 123 cm³/mol. The summed E-state index contributed by atoms with van der Waals surface area (Å²) in [7, 11) is 0. The van der Waals surface area contributed by atoms with Gasteiger partial charge in [0.15, 0.2) is 0 Å². The summed E-state index contributed by atoms with van der Waals surface area (Å²) in [6, 6.07) is 15.3. The van der Waals surface area contributed by atoms with E-state index in [1.165, 1.54) is 24.3 Å². The molecular weight excluding hydrogens is 416 g/mol. The third kappa shape index (κ3) is 4.73. The number of carbonyl (C=O) groups excluding carboxylic acids is 2. The zero-order valence-electron chi connectivity index (χ0n) is 16.9. The standard InChI is InChI=1S/C24H25ClN2O2S/c25-19-11-5-4-10-18(19)17-27-20-12-6-7-13-21(20)30-22(24(27)29)16-23(28)26-14-8-2-1-3-9-15-26/h4-7,10-13,16H,1-3,8-9,14-15,17H2. The Balaban J connectivity index is 1.62. The number of hydrogen-bond acceptors (Lipinski definition) is 3. The molecule has 30 heavy (non-hydrogen) atoms. The number of nitrogens with zero attached hydrogens (tertiary/aromatic N) is 2. The molecule has 4 rings (SSSR count). The number of likely N-dealkylation sites (tertiary alicyclic amines) is 1. The van der Waals surface area contributed by atoms with Crippen LogP contribution < -0.4 is 4.90 Å². The van der Waals surface area contributed by atoms with Crippen molar-refractivity contribution in [2.45, 2.75) is 43.5 Å². The predicted octanol–water partition coefficient (Wildman–Crippen LogP) is 5.66. The van der Waals surface area contributed by atoms with Gasteiger partial charge in [0.2, 0.25) is 5.91 Å². The van der Waals surface area contributed by atoms with Crippen LogP contribution in [0.2, 0.25) is 5.02 Å². The highest BCUT2D eigenvalue weighted by Gasteiger charge is 2.30. The second-order valence-corrected chi connectivity index (χ2v) is 9.15. The molecule has 2 aliphatic heterocycles. The number of carbonyl (C=O) groups is 2. The van der Waals surface area contributed by atoms with Gasteiger partial charge in [-0.3, -0.25) is 9.59 Å². The molecule has 6 heteroatoms. The first-order valence-corrected chi connectivity index (χ1v) is 11.7. The van der Waals surface area contributed by atoms with Crippen molar-refractivity contribution in [2.24, 2.45) is 0 Å². The molecule has 0 aromatic heterocycles. The van der Waals surface area contributed by atoms with E-state index in [0.717, 1.165) is 54.9 Å². The molecule has 0 radical (unpaired) electrons. The summed E-state index contributed by atoms with van der Waals surface area (Å²) in [5, 5.41) is 0.628. The molecule has 156 valence electrons. The van der Waals surface area contributed by atoms with Gasteiger partial charge in [0.05, 0.1) is 17.1 Å². The lowest BCUT2D eigenvalue weighted by Gasteiger charge is -2.31. The number of thioether (sulfide) groups is 1. The monoisotopic (exact) mass is 440 g/mol. The fraction of sp³-hybridized carbons (Fsp3) is 0.333. The number of halogens is 1. The molecule has 1 saturated heterocycles. The van der Waals surface area contributed by atoms with Crippen LogP contribution in [0.5, 0.6) is 0 Å². The van der Waals surface area contributed by atoms with Crippen molar-refractivity contribution in [3.8, 4) is 0 Å². The van der Waals surface area contributed by atoms with Gasteiger partial charge in [0, 0.05) is 29.1 Å². The van der Waals surface area contributed by atoms with Crippen molar-refractivity contribution >= 4 is 40.9 Å². The molecule has 2 amide bonds. The van der Waals surface area contributed by atoms with Gasteiger partial charge in [-0.25, -0.2) is 0 Å². The quantitative estimate of drug-likeness (QED) is 0.578. The molecule has 0 spiro atoms. The summed E-state index contributed by atoms with van der Waals surface area (Å²) in [5.74, 6) is -0.219. The average molecular weight is 441 g/mol. The minimum atomic E-state index is -0.154. The molecule has 0 bridgehead atoms. The Kier molecular flexibility index (Phi) is 6.80. The van der Waals surface area contributed by atoms with Crippen LogP contribution in [0.1, 0.15) is 37.7 Å². The van der Waals surface area contributed by atoms with Crippen LogP contribution in [0.15, 0.2) is 64.4 Å². The van der Waals surface area contributed by atoms with Gasteiger partial charge < -0.3 is 9.80 Å². The summed E-state index contributed by atoms with van der Waals surface area (Å²) in [6.07, 6.45) is 7.14. The van der Waals surface area contributed by atoms with E-state index in [2.05, 4.69) is 0 Å². The molecule has 0 N–H and O–H groups in total. The van der Waals surface area contributed by atoms with Gasteiger partial charge in [-0.05, 0) is 36.6 Å². The third-order valence-corrected chi connectivity index (χ3v) is 6.99. The summed E-state index contributed by atoms with van der Waals surface area (Å²) in [5.41, 5.74) is 1.73. The Hall–Kier alpha value is -2.24. The van der Waals surface area contributed by atoms with Gasteiger partial charge >= 0.3 is 0 Å². The number of rotatable bonds is 3. The highest BCUT2D eigenvalue weighted by molar-refractivity contribution is 8.04. The van der Waals surface area contributed by atoms with Gasteiger partial charge in [0.1, 0.15) is 0 Å². The number of anilines is 1. The van der Waals surface area contributed by atoms with Crippen LogP contribution in [0.4, 0.5) is 5.69 Å². The molecule has 4 nitrogen and oxygen atoms in total. The van der Waals surface area contributed by atoms with Crippen molar-refractivity contribution in [2.75, 3.05) is 18.0 Å². The van der Waals surface area contributed by atoms with E-state index in [0.29, 0.717) is 16.5 Å². The smallest absolute Gasteiger partial charge is 0.265 e. The largest absolute Gasteiger partial charge is 0.339 e. The van der Waals surface area contributed by atoms with Gasteiger partial charge in [-0.2, -0.15) is 0 Å². The second kappa shape index (κ2) is 9.71. The first kappa shape index (κ1) is 21.0. The van der Waals surface area contributed by atoms with E-state index in [1.807, 2.05) is 53.4 Å². The molecule has 0 aliphatic carbocycles. The summed E-state index contributed by atoms with van der Waals surface area (Å²) < 4.78 is 0. The maximum absolute atomic E-state index is 13.4. The zero-order valence-corrected chi connectivity index (χ0v) is 18.4. The van der Waals surface area contributed by atoms with E-state index >= 15 is 0 Å². The molecule has 0 unspecified atom stereocenters.